The Morgan fingerprint density at radius 1 is 1.40 bits per heavy atom. The third-order valence-corrected chi connectivity index (χ3v) is 3.34. The van der Waals surface area contributed by atoms with Gasteiger partial charge in [0.1, 0.15) is 0 Å². The maximum atomic E-state index is 11.5. The lowest BCUT2D eigenvalue weighted by Gasteiger charge is -2.19. The molecule has 15 heavy (non-hydrogen) atoms. The molecule has 0 aliphatic carbocycles. The molecular formula is C11H24N2OS. The Morgan fingerprint density at radius 3 is 2.53 bits per heavy atom. The lowest BCUT2D eigenvalue weighted by molar-refractivity contribution is -0.121. The molecule has 1 atom stereocenters. The van der Waals surface area contributed by atoms with Crippen LogP contribution in [0.1, 0.15) is 26.7 Å². The zero-order valence-electron chi connectivity index (χ0n) is 10.4. The van der Waals surface area contributed by atoms with Crippen LogP contribution >= 0.6 is 11.8 Å². The number of nitrogens with zero attached hydrogens (tertiary/aromatic N) is 1. The summed E-state index contributed by atoms with van der Waals surface area (Å²) in [4.78, 5) is 13.6. The average molecular weight is 232 g/mol. The molecule has 0 aliphatic heterocycles. The molecule has 0 aromatic heterocycles. The summed E-state index contributed by atoms with van der Waals surface area (Å²) in [5.74, 6) is 1.31. The van der Waals surface area contributed by atoms with E-state index in [1.54, 1.807) is 0 Å². The standard InChI is InChI=1S/C11H24N2OS/c1-5-7-15-10(9-13(3)4)8-11(14)12-6-2/h10H,5-9H2,1-4H3,(H,12,14). The van der Waals surface area contributed by atoms with Gasteiger partial charge in [-0.1, -0.05) is 6.92 Å². The lowest BCUT2D eigenvalue weighted by Crippen LogP contribution is -2.31. The van der Waals surface area contributed by atoms with Gasteiger partial charge in [-0.15, -0.1) is 0 Å². The van der Waals surface area contributed by atoms with Crippen molar-refractivity contribution in [2.75, 3.05) is 32.9 Å². The van der Waals surface area contributed by atoms with E-state index in [1.807, 2.05) is 18.7 Å². The van der Waals surface area contributed by atoms with Gasteiger partial charge in [-0.3, -0.25) is 4.79 Å². The largest absolute Gasteiger partial charge is 0.356 e. The third kappa shape index (κ3) is 8.75. The van der Waals surface area contributed by atoms with E-state index in [4.69, 9.17) is 0 Å². The van der Waals surface area contributed by atoms with Crippen molar-refractivity contribution < 1.29 is 4.79 Å². The van der Waals surface area contributed by atoms with Crippen molar-refractivity contribution in [2.45, 2.75) is 31.9 Å². The summed E-state index contributed by atoms with van der Waals surface area (Å²) in [6, 6.07) is 0. The number of nitrogens with one attached hydrogen (secondary N) is 1. The molecule has 1 amide bonds. The Hall–Kier alpha value is -0.220. The summed E-state index contributed by atoms with van der Waals surface area (Å²) >= 11 is 1.90. The van der Waals surface area contributed by atoms with Gasteiger partial charge in [-0.2, -0.15) is 11.8 Å². The van der Waals surface area contributed by atoms with Gasteiger partial charge in [0.2, 0.25) is 5.91 Å². The number of carbonyl (C=O) groups excluding carboxylic acids is 1. The SMILES string of the molecule is CCCSC(CC(=O)NCC)CN(C)C. The molecule has 1 unspecified atom stereocenters. The van der Waals surface area contributed by atoms with Gasteiger partial charge in [0.15, 0.2) is 0 Å². The molecule has 90 valence electrons. The van der Waals surface area contributed by atoms with Gasteiger partial charge in [-0.05, 0) is 33.2 Å². The highest BCUT2D eigenvalue weighted by atomic mass is 32.2. The van der Waals surface area contributed by atoms with Gasteiger partial charge in [-0.25, -0.2) is 0 Å². The smallest absolute Gasteiger partial charge is 0.221 e. The van der Waals surface area contributed by atoms with E-state index in [1.165, 1.54) is 6.42 Å². The topological polar surface area (TPSA) is 32.3 Å². The van der Waals surface area contributed by atoms with Gasteiger partial charge in [0.25, 0.3) is 0 Å². The molecule has 4 heteroatoms. The molecule has 0 aromatic rings. The highest BCUT2D eigenvalue weighted by Crippen LogP contribution is 2.16. The Labute approximate surface area is 98.0 Å². The zero-order valence-corrected chi connectivity index (χ0v) is 11.2. The molecule has 0 fully saturated rings. The molecular weight excluding hydrogens is 208 g/mol. The molecule has 0 bridgehead atoms. The van der Waals surface area contributed by atoms with Crippen molar-refractivity contribution in [1.29, 1.82) is 0 Å². The Balaban J connectivity index is 3.93. The third-order valence-electron chi connectivity index (χ3n) is 1.91. The minimum Gasteiger partial charge on any atom is -0.356 e. The van der Waals surface area contributed by atoms with Crippen LogP contribution in [0.25, 0.3) is 0 Å². The summed E-state index contributed by atoms with van der Waals surface area (Å²) in [5, 5.41) is 3.28. The van der Waals surface area contributed by atoms with E-state index in [9.17, 15) is 4.79 Å². The lowest BCUT2D eigenvalue weighted by atomic mass is 10.3. The first-order valence-electron chi connectivity index (χ1n) is 5.63. The fourth-order valence-electron chi connectivity index (χ4n) is 1.34. The quantitative estimate of drug-likeness (QED) is 0.690. The minimum absolute atomic E-state index is 0.174. The molecule has 0 saturated carbocycles. The number of thioether (sulfide) groups is 1. The first-order valence-corrected chi connectivity index (χ1v) is 6.68. The van der Waals surface area contributed by atoms with Crippen molar-refractivity contribution in [3.8, 4) is 0 Å². The van der Waals surface area contributed by atoms with Gasteiger partial charge in [0, 0.05) is 24.8 Å². The first kappa shape index (κ1) is 14.8. The van der Waals surface area contributed by atoms with Crippen LogP contribution in [-0.4, -0.2) is 49.0 Å². The summed E-state index contributed by atoms with van der Waals surface area (Å²) < 4.78 is 0. The monoisotopic (exact) mass is 232 g/mol. The Bertz CT molecular complexity index is 174. The normalized spacial score (nSPS) is 12.9. The summed E-state index contributed by atoms with van der Waals surface area (Å²) in [7, 11) is 4.11. The second-order valence-electron chi connectivity index (χ2n) is 3.91. The molecule has 0 saturated heterocycles. The van der Waals surface area contributed by atoms with E-state index >= 15 is 0 Å². The van der Waals surface area contributed by atoms with Crippen LogP contribution in [0.5, 0.6) is 0 Å². The molecule has 0 radical (unpaired) electrons. The molecule has 0 heterocycles. The van der Waals surface area contributed by atoms with E-state index in [0.717, 1.165) is 18.8 Å². The average Bonchev–Trinajstić information content (AvgIpc) is 2.13. The van der Waals surface area contributed by atoms with Gasteiger partial charge in [0.05, 0.1) is 0 Å². The predicted molar refractivity (Wildman–Crippen MR) is 68.4 cm³/mol. The Kier molecular flexibility index (Phi) is 8.91. The molecule has 3 nitrogen and oxygen atoms in total. The van der Waals surface area contributed by atoms with Crippen molar-refractivity contribution in [3.63, 3.8) is 0 Å². The van der Waals surface area contributed by atoms with E-state index in [0.29, 0.717) is 11.7 Å². The number of hydrogen-bond donors (Lipinski definition) is 1. The van der Waals surface area contributed by atoms with E-state index in [2.05, 4.69) is 31.2 Å². The maximum absolute atomic E-state index is 11.5. The number of hydrogen-bond acceptors (Lipinski definition) is 3. The fraction of sp³-hybridized carbons (Fsp3) is 0.909. The maximum Gasteiger partial charge on any atom is 0.221 e. The van der Waals surface area contributed by atoms with Gasteiger partial charge < -0.3 is 10.2 Å². The molecule has 0 rings (SSSR count). The molecule has 1 N–H and O–H groups in total. The summed E-state index contributed by atoms with van der Waals surface area (Å²) in [5.41, 5.74) is 0. The second kappa shape index (κ2) is 9.04. The van der Waals surface area contributed by atoms with Crippen LogP contribution in [0.3, 0.4) is 0 Å². The summed E-state index contributed by atoms with van der Waals surface area (Å²) in [6.45, 7) is 5.83. The molecule has 0 aromatic carbocycles. The van der Waals surface area contributed by atoms with Crippen LogP contribution in [0, 0.1) is 0 Å². The van der Waals surface area contributed by atoms with Crippen LogP contribution in [0.4, 0.5) is 0 Å². The number of carbonyl (C=O) groups is 1. The highest BCUT2D eigenvalue weighted by molar-refractivity contribution is 7.99. The predicted octanol–water partition coefficient (Wildman–Crippen LogP) is 1.59. The summed E-state index contributed by atoms with van der Waals surface area (Å²) in [6.07, 6.45) is 1.81. The highest BCUT2D eigenvalue weighted by Gasteiger charge is 2.14. The number of amides is 1. The minimum atomic E-state index is 0.174. The Morgan fingerprint density at radius 2 is 2.07 bits per heavy atom. The number of rotatable bonds is 8. The van der Waals surface area contributed by atoms with Gasteiger partial charge >= 0.3 is 0 Å². The van der Waals surface area contributed by atoms with Crippen molar-refractivity contribution >= 4 is 17.7 Å². The molecule has 0 spiro atoms. The van der Waals surface area contributed by atoms with Crippen LogP contribution in [0.2, 0.25) is 0 Å². The van der Waals surface area contributed by atoms with Crippen molar-refractivity contribution in [2.24, 2.45) is 0 Å². The van der Waals surface area contributed by atoms with Crippen LogP contribution in [-0.2, 0) is 4.79 Å². The van der Waals surface area contributed by atoms with Crippen LogP contribution < -0.4 is 5.32 Å². The zero-order chi connectivity index (χ0) is 11.7. The fourth-order valence-corrected chi connectivity index (χ4v) is 2.59. The van der Waals surface area contributed by atoms with E-state index < -0.39 is 0 Å². The second-order valence-corrected chi connectivity index (χ2v) is 5.32. The van der Waals surface area contributed by atoms with Crippen LogP contribution in [0.15, 0.2) is 0 Å². The van der Waals surface area contributed by atoms with E-state index in [-0.39, 0.29) is 5.91 Å². The first-order chi connectivity index (χ1) is 7.10. The molecule has 0 aliphatic rings. The van der Waals surface area contributed by atoms with Crippen molar-refractivity contribution in [3.05, 3.63) is 0 Å². The van der Waals surface area contributed by atoms with Crippen molar-refractivity contribution in [1.82, 2.24) is 10.2 Å².